The lowest BCUT2D eigenvalue weighted by atomic mass is 10.1. The first-order valence-corrected chi connectivity index (χ1v) is 7.93. The molecule has 8 heteroatoms. The van der Waals surface area contributed by atoms with E-state index >= 15 is 0 Å². The Hall–Kier alpha value is -1.96. The second-order valence-electron chi connectivity index (χ2n) is 5.32. The van der Waals surface area contributed by atoms with E-state index in [1.54, 1.807) is 30.2 Å². The molecule has 22 heavy (non-hydrogen) atoms. The molecule has 0 spiro atoms. The number of anilines is 2. The van der Waals surface area contributed by atoms with Gasteiger partial charge in [0.1, 0.15) is 12.1 Å². The van der Waals surface area contributed by atoms with E-state index < -0.39 is 0 Å². The third-order valence-corrected chi connectivity index (χ3v) is 4.31. The lowest BCUT2D eigenvalue weighted by molar-refractivity contribution is 0.522. The summed E-state index contributed by atoms with van der Waals surface area (Å²) in [4.78, 5) is 26.7. The number of piperidine rings is 1. The van der Waals surface area contributed by atoms with Gasteiger partial charge in [-0.2, -0.15) is 0 Å². The van der Waals surface area contributed by atoms with Crippen molar-refractivity contribution in [3.63, 3.8) is 0 Å². The Morgan fingerprint density at radius 2 is 2.27 bits per heavy atom. The van der Waals surface area contributed by atoms with Gasteiger partial charge in [-0.3, -0.25) is 4.79 Å². The molecule has 0 aromatic carbocycles. The van der Waals surface area contributed by atoms with Crippen LogP contribution in [0.5, 0.6) is 0 Å². The predicted octanol–water partition coefficient (Wildman–Crippen LogP) is 1.41. The number of nitrogens with zero attached hydrogens (tertiary/aromatic N) is 5. The number of aryl methyl sites for hydroxylation is 1. The van der Waals surface area contributed by atoms with Crippen LogP contribution in [0.1, 0.15) is 12.8 Å². The van der Waals surface area contributed by atoms with Crippen LogP contribution in [0.2, 0.25) is 0 Å². The van der Waals surface area contributed by atoms with Crippen LogP contribution >= 0.6 is 15.9 Å². The molecule has 0 radical (unpaired) electrons. The summed E-state index contributed by atoms with van der Waals surface area (Å²) in [5, 5.41) is 3.41. The lowest BCUT2D eigenvalue weighted by Crippen LogP contribution is -2.45. The van der Waals surface area contributed by atoms with E-state index in [2.05, 4.69) is 36.2 Å². The molecule has 1 saturated heterocycles. The van der Waals surface area contributed by atoms with E-state index in [4.69, 9.17) is 0 Å². The normalized spacial score (nSPS) is 18.3. The summed E-state index contributed by atoms with van der Waals surface area (Å²) < 4.78 is 2.39. The SMILES string of the molecule is Cn1ccnc(N2CCCC(Nc3ncncc3Br)C2)c1=O. The van der Waals surface area contributed by atoms with Gasteiger partial charge in [0, 0.05) is 44.8 Å². The first-order valence-electron chi connectivity index (χ1n) is 7.14. The van der Waals surface area contributed by atoms with Crippen molar-refractivity contribution in [3.05, 3.63) is 39.7 Å². The summed E-state index contributed by atoms with van der Waals surface area (Å²) in [6.45, 7) is 1.57. The van der Waals surface area contributed by atoms with Gasteiger partial charge in [-0.15, -0.1) is 0 Å². The molecule has 1 aliphatic heterocycles. The Morgan fingerprint density at radius 1 is 1.41 bits per heavy atom. The fourth-order valence-electron chi connectivity index (χ4n) is 2.60. The summed E-state index contributed by atoms with van der Waals surface area (Å²) in [7, 11) is 1.74. The third-order valence-electron chi connectivity index (χ3n) is 3.73. The summed E-state index contributed by atoms with van der Waals surface area (Å²) in [5.41, 5.74) is -0.0635. The third kappa shape index (κ3) is 3.11. The van der Waals surface area contributed by atoms with Crippen molar-refractivity contribution in [2.24, 2.45) is 7.05 Å². The molecule has 1 N–H and O–H groups in total. The molecule has 3 rings (SSSR count). The van der Waals surface area contributed by atoms with Crippen molar-refractivity contribution in [1.29, 1.82) is 0 Å². The average molecular weight is 365 g/mol. The number of rotatable bonds is 3. The molecule has 7 nitrogen and oxygen atoms in total. The highest BCUT2D eigenvalue weighted by molar-refractivity contribution is 9.10. The molecule has 1 atom stereocenters. The summed E-state index contributed by atoms with van der Waals surface area (Å²) in [6.07, 6.45) is 8.59. The first kappa shape index (κ1) is 15.0. The van der Waals surface area contributed by atoms with Crippen LogP contribution in [-0.2, 0) is 7.05 Å². The van der Waals surface area contributed by atoms with E-state index in [0.29, 0.717) is 5.82 Å². The molecule has 1 unspecified atom stereocenters. The number of nitrogens with one attached hydrogen (secondary N) is 1. The average Bonchev–Trinajstić information content (AvgIpc) is 2.53. The van der Waals surface area contributed by atoms with Crippen molar-refractivity contribution in [3.8, 4) is 0 Å². The van der Waals surface area contributed by atoms with Gasteiger partial charge in [-0.25, -0.2) is 15.0 Å². The van der Waals surface area contributed by atoms with Gasteiger partial charge in [0.25, 0.3) is 5.56 Å². The fourth-order valence-corrected chi connectivity index (χ4v) is 2.94. The second kappa shape index (κ2) is 6.43. The van der Waals surface area contributed by atoms with Gasteiger partial charge in [0.05, 0.1) is 4.47 Å². The smallest absolute Gasteiger partial charge is 0.293 e. The Morgan fingerprint density at radius 3 is 3.09 bits per heavy atom. The highest BCUT2D eigenvalue weighted by Gasteiger charge is 2.23. The minimum atomic E-state index is -0.0635. The number of aromatic nitrogens is 4. The van der Waals surface area contributed by atoms with Gasteiger partial charge in [-0.05, 0) is 28.8 Å². The van der Waals surface area contributed by atoms with E-state index in [-0.39, 0.29) is 11.6 Å². The molecule has 2 aromatic heterocycles. The predicted molar refractivity (Wildman–Crippen MR) is 88.1 cm³/mol. The maximum absolute atomic E-state index is 12.2. The van der Waals surface area contributed by atoms with Gasteiger partial charge in [0.2, 0.25) is 0 Å². The molecule has 0 aliphatic carbocycles. The maximum Gasteiger partial charge on any atom is 0.293 e. The van der Waals surface area contributed by atoms with Crippen LogP contribution < -0.4 is 15.8 Å². The standard InChI is InChI=1S/C14H17BrN6O/c1-20-6-4-17-13(14(20)22)21-5-2-3-10(8-21)19-12-11(15)7-16-9-18-12/h4,6-7,9-10H,2-3,5,8H2,1H3,(H,16,18,19). The largest absolute Gasteiger partial charge is 0.365 e. The monoisotopic (exact) mass is 364 g/mol. The molecule has 1 aliphatic rings. The first-order chi connectivity index (χ1) is 10.6. The van der Waals surface area contributed by atoms with Crippen molar-refractivity contribution in [2.75, 3.05) is 23.3 Å². The van der Waals surface area contributed by atoms with Crippen molar-refractivity contribution in [1.82, 2.24) is 19.5 Å². The quantitative estimate of drug-likeness (QED) is 0.887. The summed E-state index contributed by atoms with van der Waals surface area (Å²) in [5.74, 6) is 1.29. The zero-order chi connectivity index (χ0) is 15.5. The minimum Gasteiger partial charge on any atom is -0.365 e. The van der Waals surface area contributed by atoms with Crippen LogP contribution in [0.3, 0.4) is 0 Å². The zero-order valence-corrected chi connectivity index (χ0v) is 13.8. The molecule has 2 aromatic rings. The van der Waals surface area contributed by atoms with E-state index in [1.165, 1.54) is 6.33 Å². The second-order valence-corrected chi connectivity index (χ2v) is 6.17. The van der Waals surface area contributed by atoms with E-state index in [9.17, 15) is 4.79 Å². The van der Waals surface area contributed by atoms with Crippen LogP contribution in [-0.4, -0.2) is 38.7 Å². The molecule has 3 heterocycles. The van der Waals surface area contributed by atoms with Crippen LogP contribution in [0, 0.1) is 0 Å². The topological polar surface area (TPSA) is 75.9 Å². The Kier molecular flexibility index (Phi) is 4.37. The van der Waals surface area contributed by atoms with E-state index in [1.807, 2.05) is 4.90 Å². The fraction of sp³-hybridized carbons (Fsp3) is 0.429. The Bertz CT molecular complexity index is 718. The van der Waals surface area contributed by atoms with E-state index in [0.717, 1.165) is 36.2 Å². The number of hydrogen-bond donors (Lipinski definition) is 1. The highest BCUT2D eigenvalue weighted by Crippen LogP contribution is 2.22. The van der Waals surface area contributed by atoms with Gasteiger partial charge in [-0.1, -0.05) is 0 Å². The Balaban J connectivity index is 1.76. The summed E-state index contributed by atoms with van der Waals surface area (Å²) in [6, 6.07) is 0.215. The zero-order valence-electron chi connectivity index (χ0n) is 12.2. The van der Waals surface area contributed by atoms with Crippen LogP contribution in [0.4, 0.5) is 11.6 Å². The van der Waals surface area contributed by atoms with Gasteiger partial charge in [0.15, 0.2) is 5.82 Å². The lowest BCUT2D eigenvalue weighted by Gasteiger charge is -2.33. The van der Waals surface area contributed by atoms with Crippen LogP contribution in [0.25, 0.3) is 0 Å². The van der Waals surface area contributed by atoms with Crippen molar-refractivity contribution in [2.45, 2.75) is 18.9 Å². The van der Waals surface area contributed by atoms with Gasteiger partial charge >= 0.3 is 0 Å². The van der Waals surface area contributed by atoms with Crippen molar-refractivity contribution < 1.29 is 0 Å². The van der Waals surface area contributed by atoms with Crippen LogP contribution in [0.15, 0.2) is 34.2 Å². The highest BCUT2D eigenvalue weighted by atomic mass is 79.9. The molecule has 0 bridgehead atoms. The molecular weight excluding hydrogens is 348 g/mol. The molecule has 0 saturated carbocycles. The molecule has 116 valence electrons. The number of hydrogen-bond acceptors (Lipinski definition) is 6. The number of halogens is 1. The molecule has 0 amide bonds. The Labute approximate surface area is 136 Å². The summed E-state index contributed by atoms with van der Waals surface area (Å²) >= 11 is 3.44. The van der Waals surface area contributed by atoms with Crippen molar-refractivity contribution >= 4 is 27.6 Å². The minimum absolute atomic E-state index is 0.0635. The molecule has 1 fully saturated rings. The maximum atomic E-state index is 12.2. The molecular formula is C14H17BrN6O. The van der Waals surface area contributed by atoms with Gasteiger partial charge < -0.3 is 14.8 Å².